The number of aromatic nitrogens is 1. The summed E-state index contributed by atoms with van der Waals surface area (Å²) in [6, 6.07) is 7.51. The fourth-order valence-electron chi connectivity index (χ4n) is 7.38. The molecule has 3 N–H and O–H groups in total. The van der Waals surface area contributed by atoms with Gasteiger partial charge in [-0.2, -0.15) is 0 Å². The maximum absolute atomic E-state index is 14.4. The highest BCUT2D eigenvalue weighted by atomic mass is 16.5. The molecule has 1 aromatic heterocycles. The number of rotatable bonds is 3. The van der Waals surface area contributed by atoms with Crippen LogP contribution < -0.4 is 5.32 Å². The Hall–Kier alpha value is -3.29. The van der Waals surface area contributed by atoms with Crippen LogP contribution in [0.2, 0.25) is 0 Å². The number of nitrogens with one attached hydrogen (secondary N) is 2. The number of Topliss-reactive ketones (excluding diaryl/α,β-unsaturated/α-hetero) is 2. The van der Waals surface area contributed by atoms with E-state index in [4.69, 9.17) is 4.74 Å². The average molecular weight is 545 g/mol. The summed E-state index contributed by atoms with van der Waals surface area (Å²) in [5.41, 5.74) is 2.16. The van der Waals surface area contributed by atoms with Gasteiger partial charge in [0, 0.05) is 48.0 Å². The Morgan fingerprint density at radius 2 is 1.85 bits per heavy atom. The Morgan fingerprint density at radius 1 is 1.10 bits per heavy atom. The number of carbonyl (C=O) groups is 3. The standard InChI is InChI=1S/C33H40N2O5/c1-18-9-8-10-22-16-19(2)21(4)28-29(31(40-5)24-17-34-25-12-7-6-11-23(24)25)35-32(39)33(22,28)27(37)14-13-26(36)30(38)20(3)15-18/h6-8,10-12,15-18,21-22,26,28-29,31,34,36H,9,13-14H2,1-5H3,(H,35,39)/t18-,21+,22-,26-,28-,29+,31-,33+/m0/s1. The molecular weight excluding hydrogens is 504 g/mol. The first-order chi connectivity index (χ1) is 19.1. The molecule has 1 saturated heterocycles. The summed E-state index contributed by atoms with van der Waals surface area (Å²) in [4.78, 5) is 44.7. The summed E-state index contributed by atoms with van der Waals surface area (Å²) in [5.74, 6) is -1.76. The van der Waals surface area contributed by atoms with Gasteiger partial charge in [-0.15, -0.1) is 0 Å². The fraction of sp³-hybridized carbons (Fsp3) is 0.485. The van der Waals surface area contributed by atoms with Gasteiger partial charge in [-0.25, -0.2) is 0 Å². The number of aromatic amines is 1. The number of methoxy groups -OCH3 is 1. The lowest BCUT2D eigenvalue weighted by atomic mass is 9.54. The molecule has 1 spiro atoms. The van der Waals surface area contributed by atoms with Crippen LogP contribution in [-0.2, 0) is 19.1 Å². The molecule has 1 amide bonds. The maximum atomic E-state index is 14.4. The molecule has 2 aliphatic carbocycles. The molecule has 5 rings (SSSR count). The van der Waals surface area contributed by atoms with Gasteiger partial charge in [-0.1, -0.05) is 61.9 Å². The highest BCUT2D eigenvalue weighted by molar-refractivity contribution is 6.10. The zero-order valence-corrected chi connectivity index (χ0v) is 23.9. The van der Waals surface area contributed by atoms with Gasteiger partial charge in [0.05, 0.1) is 6.04 Å². The molecule has 7 heteroatoms. The summed E-state index contributed by atoms with van der Waals surface area (Å²) in [7, 11) is 1.64. The van der Waals surface area contributed by atoms with Gasteiger partial charge in [0.15, 0.2) is 5.78 Å². The third-order valence-corrected chi connectivity index (χ3v) is 9.50. The zero-order valence-electron chi connectivity index (χ0n) is 23.9. The van der Waals surface area contributed by atoms with Crippen LogP contribution in [0.5, 0.6) is 0 Å². The Balaban J connectivity index is 1.63. The Kier molecular flexibility index (Phi) is 7.73. The molecule has 2 aromatic rings. The molecule has 0 saturated carbocycles. The van der Waals surface area contributed by atoms with Crippen molar-refractivity contribution in [3.63, 3.8) is 0 Å². The lowest BCUT2D eigenvalue weighted by Crippen LogP contribution is -2.52. The third-order valence-electron chi connectivity index (χ3n) is 9.50. The highest BCUT2D eigenvalue weighted by Crippen LogP contribution is 2.56. The van der Waals surface area contributed by atoms with Crippen LogP contribution in [0.4, 0.5) is 0 Å². The second kappa shape index (κ2) is 10.9. The number of H-pyrrole nitrogens is 1. The number of ether oxygens (including phenoxy) is 1. The minimum Gasteiger partial charge on any atom is -0.385 e. The SMILES string of the molecule is CO[C@@H](c1c[nH]c2ccccc12)[C@@H]1NC(=O)[C@@]23C(=O)CC[C@H](O)C(=O)C(C)=C[C@@H](C)CC=C[C@H]2C=C(C)[C@@H](C)[C@@H]13. The summed E-state index contributed by atoms with van der Waals surface area (Å²) in [6.45, 7) is 7.87. The van der Waals surface area contributed by atoms with E-state index in [2.05, 4.69) is 30.2 Å². The number of allylic oxidation sites excluding steroid dienone is 5. The van der Waals surface area contributed by atoms with Crippen molar-refractivity contribution in [2.75, 3.05) is 7.11 Å². The van der Waals surface area contributed by atoms with Crippen molar-refractivity contribution in [2.45, 2.75) is 65.2 Å². The summed E-state index contributed by atoms with van der Waals surface area (Å²) in [6.07, 6.45) is 8.69. The van der Waals surface area contributed by atoms with Crippen LogP contribution in [0.15, 0.2) is 65.9 Å². The van der Waals surface area contributed by atoms with Crippen molar-refractivity contribution in [3.8, 4) is 0 Å². The molecule has 7 nitrogen and oxygen atoms in total. The van der Waals surface area contributed by atoms with Crippen LogP contribution in [0.1, 0.15) is 58.6 Å². The average Bonchev–Trinajstić information content (AvgIpc) is 3.49. The van der Waals surface area contributed by atoms with Gasteiger partial charge in [-0.05, 0) is 50.2 Å². The van der Waals surface area contributed by atoms with Crippen molar-refractivity contribution in [2.24, 2.45) is 29.1 Å². The van der Waals surface area contributed by atoms with Crippen molar-refractivity contribution < 1.29 is 24.2 Å². The Bertz CT molecular complexity index is 1420. The largest absolute Gasteiger partial charge is 0.385 e. The molecule has 40 heavy (non-hydrogen) atoms. The summed E-state index contributed by atoms with van der Waals surface area (Å²) in [5, 5.41) is 14.9. The van der Waals surface area contributed by atoms with Gasteiger partial charge >= 0.3 is 0 Å². The number of benzene rings is 1. The van der Waals surface area contributed by atoms with E-state index in [1.807, 2.05) is 55.6 Å². The first-order valence-corrected chi connectivity index (χ1v) is 14.3. The maximum Gasteiger partial charge on any atom is 0.235 e. The fourth-order valence-corrected chi connectivity index (χ4v) is 7.38. The van der Waals surface area contributed by atoms with Crippen molar-refractivity contribution in [1.29, 1.82) is 0 Å². The van der Waals surface area contributed by atoms with Crippen LogP contribution >= 0.6 is 0 Å². The van der Waals surface area contributed by atoms with E-state index in [0.29, 0.717) is 12.0 Å². The number of hydrogen-bond donors (Lipinski definition) is 3. The number of carbonyl (C=O) groups excluding carboxylic acids is 3. The van der Waals surface area contributed by atoms with E-state index in [1.165, 1.54) is 0 Å². The van der Waals surface area contributed by atoms with E-state index >= 15 is 0 Å². The number of fused-ring (bicyclic) bond motifs is 1. The summed E-state index contributed by atoms with van der Waals surface area (Å²) >= 11 is 0. The second-order valence-corrected chi connectivity index (χ2v) is 11.9. The normalized spacial score (nSPS) is 34.1. The summed E-state index contributed by atoms with van der Waals surface area (Å²) < 4.78 is 6.11. The molecule has 0 unspecified atom stereocenters. The van der Waals surface area contributed by atoms with E-state index in [9.17, 15) is 19.5 Å². The van der Waals surface area contributed by atoms with E-state index < -0.39 is 29.6 Å². The smallest absolute Gasteiger partial charge is 0.235 e. The van der Waals surface area contributed by atoms with E-state index in [0.717, 1.165) is 22.0 Å². The zero-order chi connectivity index (χ0) is 28.8. The van der Waals surface area contributed by atoms with Crippen molar-refractivity contribution >= 4 is 28.4 Å². The lowest BCUT2D eigenvalue weighted by molar-refractivity contribution is -0.145. The predicted molar refractivity (Wildman–Crippen MR) is 154 cm³/mol. The molecule has 1 aromatic carbocycles. The lowest BCUT2D eigenvalue weighted by Gasteiger charge is -2.45. The molecule has 3 aliphatic rings. The first-order valence-electron chi connectivity index (χ1n) is 14.3. The van der Waals surface area contributed by atoms with Gasteiger partial charge in [0.25, 0.3) is 0 Å². The molecule has 1 fully saturated rings. The van der Waals surface area contributed by atoms with Crippen molar-refractivity contribution in [3.05, 3.63) is 71.5 Å². The van der Waals surface area contributed by atoms with Gasteiger partial charge in [0.1, 0.15) is 23.4 Å². The molecule has 2 heterocycles. The molecule has 0 bridgehead atoms. The van der Waals surface area contributed by atoms with Gasteiger partial charge < -0.3 is 20.1 Å². The molecule has 8 atom stereocenters. The predicted octanol–water partition coefficient (Wildman–Crippen LogP) is 4.99. The number of amides is 1. The Morgan fingerprint density at radius 3 is 2.60 bits per heavy atom. The molecular formula is C33H40N2O5. The van der Waals surface area contributed by atoms with Crippen LogP contribution in [0, 0.1) is 29.1 Å². The van der Waals surface area contributed by atoms with Crippen LogP contribution in [0.25, 0.3) is 10.9 Å². The minimum atomic E-state index is -1.37. The Labute approximate surface area is 235 Å². The number of para-hydroxylation sites is 1. The molecule has 212 valence electrons. The monoisotopic (exact) mass is 544 g/mol. The van der Waals surface area contributed by atoms with E-state index in [1.54, 1.807) is 14.0 Å². The van der Waals surface area contributed by atoms with E-state index in [-0.39, 0.29) is 48.1 Å². The number of hydrogen-bond acceptors (Lipinski definition) is 5. The van der Waals surface area contributed by atoms with Crippen LogP contribution in [-0.4, -0.2) is 46.8 Å². The van der Waals surface area contributed by atoms with Gasteiger partial charge in [0.2, 0.25) is 5.91 Å². The number of ketones is 2. The highest BCUT2D eigenvalue weighted by Gasteiger charge is 2.66. The third kappa shape index (κ3) is 4.49. The molecule has 0 radical (unpaired) electrons. The first kappa shape index (κ1) is 28.2. The van der Waals surface area contributed by atoms with Crippen molar-refractivity contribution in [1.82, 2.24) is 10.3 Å². The second-order valence-electron chi connectivity index (χ2n) is 11.9. The topological polar surface area (TPSA) is 108 Å². The number of aliphatic hydroxyl groups is 1. The molecule has 1 aliphatic heterocycles. The van der Waals surface area contributed by atoms with Gasteiger partial charge in [-0.3, -0.25) is 14.4 Å². The van der Waals surface area contributed by atoms with Crippen LogP contribution in [0.3, 0.4) is 0 Å². The number of aliphatic hydroxyl groups excluding tert-OH is 1. The quantitative estimate of drug-likeness (QED) is 0.373. The minimum absolute atomic E-state index is 0.0205.